The number of benzene rings is 2. The molecule has 1 fully saturated rings. The van der Waals surface area contributed by atoms with Crippen LogP contribution >= 0.6 is 11.3 Å². The van der Waals surface area contributed by atoms with Gasteiger partial charge in [0.2, 0.25) is 10.0 Å². The highest BCUT2D eigenvalue weighted by Gasteiger charge is 2.35. The van der Waals surface area contributed by atoms with E-state index in [1.165, 1.54) is 22.5 Å². The molecule has 0 radical (unpaired) electrons. The maximum Gasteiger partial charge on any atom is 0.214 e. The molecule has 3 aromatic rings. The number of oxime groups is 1. The van der Waals surface area contributed by atoms with Crippen molar-refractivity contribution in [1.82, 2.24) is 4.72 Å². The fourth-order valence-electron chi connectivity index (χ4n) is 3.71. The average Bonchev–Trinajstić information content (AvgIpc) is 3.59. The van der Waals surface area contributed by atoms with Crippen molar-refractivity contribution in [2.45, 2.75) is 131 Å². The van der Waals surface area contributed by atoms with E-state index in [0.29, 0.717) is 9.62 Å². The van der Waals surface area contributed by atoms with Gasteiger partial charge in [-0.25, -0.2) is 21.6 Å². The zero-order valence-electron chi connectivity index (χ0n) is 29.4. The largest absolute Gasteiger partial charge is 0.393 e. The summed E-state index contributed by atoms with van der Waals surface area (Å²) in [5, 5.41) is 5.69. The van der Waals surface area contributed by atoms with Gasteiger partial charge in [0.15, 0.2) is 9.84 Å². The van der Waals surface area contributed by atoms with E-state index < -0.39 is 19.9 Å². The summed E-state index contributed by atoms with van der Waals surface area (Å²) < 4.78 is 48.0. The van der Waals surface area contributed by atoms with Crippen molar-refractivity contribution in [1.29, 1.82) is 0 Å². The molecule has 2 aromatic carbocycles. The molecule has 272 valence electrons. The van der Waals surface area contributed by atoms with Gasteiger partial charge in [0, 0.05) is 17.2 Å². The second-order valence-electron chi connectivity index (χ2n) is 13.7. The number of nitrogens with one attached hydrogen (secondary N) is 1. The fraction of sp³-hybridized carbons (Fsp3) is 0.553. The Bertz CT molecular complexity index is 1570. The number of thiophene rings is 1. The number of nitrogens with zero attached hydrogens (tertiary/aromatic N) is 1. The Hall–Kier alpha value is -2.53. The molecule has 7 nitrogen and oxygen atoms in total. The smallest absolute Gasteiger partial charge is 0.214 e. The Labute approximate surface area is 297 Å². The summed E-state index contributed by atoms with van der Waals surface area (Å²) in [7, 11) is -5.95. The second-order valence-corrected chi connectivity index (χ2v) is 19.4. The Morgan fingerprint density at radius 2 is 1.19 bits per heavy atom. The normalized spacial score (nSPS) is 13.4. The minimum absolute atomic E-state index is 0. The van der Waals surface area contributed by atoms with E-state index in [1.807, 2.05) is 39.8 Å². The molecule has 1 saturated carbocycles. The molecule has 0 aliphatic heterocycles. The maximum absolute atomic E-state index is 11.4. The lowest BCUT2D eigenvalue weighted by atomic mass is 9.84. The van der Waals surface area contributed by atoms with Gasteiger partial charge in [0.05, 0.1) is 10.5 Å². The highest BCUT2D eigenvalue weighted by Crippen LogP contribution is 2.36. The quantitative estimate of drug-likeness (QED) is 0.191. The van der Waals surface area contributed by atoms with Crippen LogP contribution in [0, 0.1) is 11.3 Å². The van der Waals surface area contributed by atoms with Crippen molar-refractivity contribution in [2.24, 2.45) is 16.5 Å². The van der Waals surface area contributed by atoms with Crippen molar-refractivity contribution < 1.29 is 21.7 Å². The summed E-state index contributed by atoms with van der Waals surface area (Å²) in [6.07, 6.45) is 1.77. The minimum atomic E-state index is -3.02. The van der Waals surface area contributed by atoms with Gasteiger partial charge < -0.3 is 4.84 Å². The molecule has 0 unspecified atom stereocenters. The van der Waals surface area contributed by atoms with Gasteiger partial charge in [-0.05, 0) is 88.3 Å². The van der Waals surface area contributed by atoms with E-state index in [-0.39, 0.29) is 37.5 Å². The van der Waals surface area contributed by atoms with E-state index in [0.717, 1.165) is 35.6 Å². The van der Waals surface area contributed by atoms with Gasteiger partial charge in [-0.2, -0.15) is 0 Å². The van der Waals surface area contributed by atoms with Crippen LogP contribution in [0.5, 0.6) is 0 Å². The SMILES string of the molecule is C.C.CC(C)C(C)(C)C.CC(C)NS(=O)(=O)C1CC1.CC(C)ON=C1c2ccccc2-c2ccccc21.CC(C)S(=O)(=O)c1cccs1. The summed E-state index contributed by atoms with van der Waals surface area (Å²) in [5.41, 5.74) is 6.21. The fourth-order valence-corrected chi connectivity index (χ4v) is 7.78. The minimum Gasteiger partial charge on any atom is -0.393 e. The van der Waals surface area contributed by atoms with Crippen LogP contribution < -0.4 is 4.72 Å². The molecule has 1 aromatic heterocycles. The molecule has 0 amide bonds. The van der Waals surface area contributed by atoms with E-state index in [2.05, 4.69) is 80.9 Å². The number of hydrogen-bond acceptors (Lipinski definition) is 7. The number of rotatable bonds is 7. The van der Waals surface area contributed by atoms with E-state index in [1.54, 1.807) is 31.4 Å². The lowest BCUT2D eigenvalue weighted by Gasteiger charge is -2.22. The molecule has 0 atom stereocenters. The van der Waals surface area contributed by atoms with Crippen LogP contribution in [0.3, 0.4) is 0 Å². The number of hydrogen-bond donors (Lipinski definition) is 1. The summed E-state index contributed by atoms with van der Waals surface area (Å²) in [6.45, 7) is 22.3. The van der Waals surface area contributed by atoms with Gasteiger partial charge in [0.1, 0.15) is 16.0 Å². The topological polar surface area (TPSA) is 102 Å². The average molecular weight is 723 g/mol. The van der Waals surface area contributed by atoms with Crippen molar-refractivity contribution in [2.75, 3.05) is 0 Å². The Morgan fingerprint density at radius 1 is 0.750 bits per heavy atom. The molecule has 0 spiro atoms. The molecular formula is C38H62N2O5S3. The van der Waals surface area contributed by atoms with Crippen molar-refractivity contribution in [3.63, 3.8) is 0 Å². The molecular weight excluding hydrogens is 661 g/mol. The third-order valence-electron chi connectivity index (χ3n) is 7.50. The van der Waals surface area contributed by atoms with Crippen molar-refractivity contribution in [3.05, 3.63) is 77.2 Å². The monoisotopic (exact) mass is 722 g/mol. The van der Waals surface area contributed by atoms with Crippen molar-refractivity contribution >= 4 is 36.9 Å². The lowest BCUT2D eigenvalue weighted by Crippen LogP contribution is -2.32. The van der Waals surface area contributed by atoms with Gasteiger partial charge in [-0.1, -0.05) is 109 Å². The molecule has 0 bridgehead atoms. The van der Waals surface area contributed by atoms with Gasteiger partial charge in [-0.15, -0.1) is 11.3 Å². The summed E-state index contributed by atoms with van der Waals surface area (Å²) in [6, 6.07) is 20.1. The number of fused-ring (bicyclic) bond motifs is 3. The molecule has 1 heterocycles. The Kier molecular flexibility index (Phi) is 18.6. The van der Waals surface area contributed by atoms with Crippen LogP contribution in [0.2, 0.25) is 0 Å². The van der Waals surface area contributed by atoms with Crippen LogP contribution in [0.15, 0.2) is 75.4 Å². The molecule has 1 N–H and O–H groups in total. The molecule has 10 heteroatoms. The van der Waals surface area contributed by atoms with Crippen LogP contribution in [-0.2, 0) is 24.7 Å². The Balaban J connectivity index is 0.000000646. The van der Waals surface area contributed by atoms with Gasteiger partial charge in [0.25, 0.3) is 0 Å². The first-order chi connectivity index (χ1) is 21.3. The van der Waals surface area contributed by atoms with Crippen LogP contribution in [0.4, 0.5) is 0 Å². The third-order valence-corrected chi connectivity index (χ3v) is 13.2. The predicted octanol–water partition coefficient (Wildman–Crippen LogP) is 10.2. The summed E-state index contributed by atoms with van der Waals surface area (Å²) in [5.74, 6) is 0.799. The molecule has 48 heavy (non-hydrogen) atoms. The first kappa shape index (κ1) is 45.5. The van der Waals surface area contributed by atoms with Gasteiger partial charge >= 0.3 is 0 Å². The number of sulfonamides is 1. The maximum atomic E-state index is 11.4. The van der Waals surface area contributed by atoms with E-state index >= 15 is 0 Å². The molecule has 2 aliphatic rings. The predicted molar refractivity (Wildman–Crippen MR) is 208 cm³/mol. The lowest BCUT2D eigenvalue weighted by molar-refractivity contribution is 0.0863. The van der Waals surface area contributed by atoms with E-state index in [9.17, 15) is 16.8 Å². The van der Waals surface area contributed by atoms with Crippen LogP contribution in [0.25, 0.3) is 11.1 Å². The van der Waals surface area contributed by atoms with E-state index in [4.69, 9.17) is 4.84 Å². The highest BCUT2D eigenvalue weighted by molar-refractivity contribution is 7.94. The molecule has 5 rings (SSSR count). The molecule has 2 aliphatic carbocycles. The number of sulfone groups is 1. The highest BCUT2D eigenvalue weighted by atomic mass is 32.2. The standard InChI is InChI=1S/C16H15NO.C7H10O2S2.C7H16.C6H13NO2S.2CH4/c1-11(2)18-17-16-14-9-5-3-7-12(14)13-8-4-6-10-15(13)16;1-6(2)11(8,9)7-4-3-5-10-7;1-6(2)7(3,4)5;1-5(2)7-10(8,9)6-3-4-6;;/h3-11H,1-2H3;3-6H,1-2H3;6H,1-5H3;5-7H,3-4H2,1-2H3;2*1H4. The first-order valence-corrected chi connectivity index (χ1v) is 20.0. The van der Waals surface area contributed by atoms with Crippen LogP contribution in [-0.4, -0.2) is 45.2 Å². The zero-order chi connectivity index (χ0) is 34.9. The van der Waals surface area contributed by atoms with Gasteiger partial charge in [-0.3, -0.25) is 0 Å². The van der Waals surface area contributed by atoms with Crippen LogP contribution in [0.1, 0.15) is 115 Å². The second kappa shape index (κ2) is 19.6. The third kappa shape index (κ3) is 13.8. The summed E-state index contributed by atoms with van der Waals surface area (Å²) >= 11 is 1.27. The summed E-state index contributed by atoms with van der Waals surface area (Å²) in [4.78, 5) is 5.43. The Morgan fingerprint density at radius 3 is 1.50 bits per heavy atom. The molecule has 0 saturated heterocycles. The van der Waals surface area contributed by atoms with Crippen molar-refractivity contribution in [3.8, 4) is 11.1 Å². The first-order valence-electron chi connectivity index (χ1n) is 16.0. The zero-order valence-corrected chi connectivity index (χ0v) is 31.8.